The molecule has 1 aromatic rings. The van der Waals surface area contributed by atoms with Crippen LogP contribution in [0.4, 0.5) is 5.13 Å². The van der Waals surface area contributed by atoms with Crippen LogP contribution in [0, 0.1) is 12.3 Å². The summed E-state index contributed by atoms with van der Waals surface area (Å²) < 4.78 is 0. The molecule has 1 aromatic heterocycles. The summed E-state index contributed by atoms with van der Waals surface area (Å²) in [6.45, 7) is 8.16. The van der Waals surface area contributed by atoms with Gasteiger partial charge in [-0.3, -0.25) is 4.79 Å². The van der Waals surface area contributed by atoms with Crippen LogP contribution in [0.15, 0.2) is 0 Å². The Morgan fingerprint density at radius 3 is 2.29 bits per heavy atom. The summed E-state index contributed by atoms with van der Waals surface area (Å²) in [6, 6.07) is 0. The van der Waals surface area contributed by atoms with Crippen LogP contribution < -0.4 is 11.1 Å². The van der Waals surface area contributed by atoms with Crippen LogP contribution in [0.2, 0.25) is 0 Å². The van der Waals surface area contributed by atoms with Gasteiger partial charge >= 0.3 is 0 Å². The van der Waals surface area contributed by atoms with Crippen molar-refractivity contribution in [2.24, 2.45) is 11.1 Å². The van der Waals surface area contributed by atoms with Crippen molar-refractivity contribution in [3.63, 3.8) is 0 Å². The first-order valence-electron chi connectivity index (χ1n) is 7.48. The lowest BCUT2D eigenvalue weighted by molar-refractivity contribution is -0.122. The zero-order chi connectivity index (χ0) is 16.0. The Morgan fingerprint density at radius 2 is 1.90 bits per heavy atom. The first-order valence-corrected chi connectivity index (χ1v) is 8.71. The van der Waals surface area contributed by atoms with Gasteiger partial charge in [0.1, 0.15) is 0 Å². The van der Waals surface area contributed by atoms with E-state index < -0.39 is 5.41 Å². The van der Waals surface area contributed by atoms with E-state index in [4.69, 9.17) is 18.0 Å². The van der Waals surface area contributed by atoms with Gasteiger partial charge in [0.05, 0.1) is 16.1 Å². The summed E-state index contributed by atoms with van der Waals surface area (Å²) in [5.74, 6) is -0.116. The Hall–Kier alpha value is -1.01. The summed E-state index contributed by atoms with van der Waals surface area (Å²) in [5.41, 5.74) is 6.18. The Balaban J connectivity index is 3.01. The predicted molar refractivity (Wildman–Crippen MR) is 93.9 cm³/mol. The minimum atomic E-state index is -0.759. The second kappa shape index (κ2) is 7.84. The molecule has 0 aromatic carbocycles. The van der Waals surface area contributed by atoms with Crippen molar-refractivity contribution < 1.29 is 4.79 Å². The van der Waals surface area contributed by atoms with Crippen LogP contribution in [0.3, 0.4) is 0 Å². The SMILES string of the molecule is CCCC(CCC)(C(=O)Nc1nc(CC)c(C)s1)C(N)=S. The molecule has 0 unspecified atom stereocenters. The van der Waals surface area contributed by atoms with Crippen molar-refractivity contribution in [3.8, 4) is 0 Å². The number of anilines is 1. The molecular weight excluding hydrogens is 302 g/mol. The molecule has 4 nitrogen and oxygen atoms in total. The third-order valence-electron chi connectivity index (χ3n) is 3.71. The lowest BCUT2D eigenvalue weighted by Gasteiger charge is -2.30. The van der Waals surface area contributed by atoms with Gasteiger partial charge < -0.3 is 11.1 Å². The van der Waals surface area contributed by atoms with Gasteiger partial charge in [0.25, 0.3) is 0 Å². The van der Waals surface area contributed by atoms with E-state index in [2.05, 4.69) is 17.2 Å². The summed E-state index contributed by atoms with van der Waals surface area (Å²) in [6.07, 6.45) is 3.94. The minimum Gasteiger partial charge on any atom is -0.392 e. The van der Waals surface area contributed by atoms with Crippen LogP contribution in [0.25, 0.3) is 0 Å². The van der Waals surface area contributed by atoms with Gasteiger partial charge in [-0.25, -0.2) is 4.98 Å². The van der Waals surface area contributed by atoms with Gasteiger partial charge in [-0.05, 0) is 26.2 Å². The second-order valence-corrected chi connectivity index (χ2v) is 6.92. The van der Waals surface area contributed by atoms with Crippen molar-refractivity contribution in [1.82, 2.24) is 4.98 Å². The van der Waals surface area contributed by atoms with E-state index in [1.807, 2.05) is 20.8 Å². The summed E-state index contributed by atoms with van der Waals surface area (Å²) in [7, 11) is 0. The first kappa shape index (κ1) is 18.0. The molecule has 0 aliphatic heterocycles. The molecule has 1 heterocycles. The Bertz CT molecular complexity index is 505. The third-order valence-corrected chi connectivity index (χ3v) is 5.03. The smallest absolute Gasteiger partial charge is 0.239 e. The van der Waals surface area contributed by atoms with Crippen LogP contribution in [0.5, 0.6) is 0 Å². The molecule has 3 N–H and O–H groups in total. The largest absolute Gasteiger partial charge is 0.392 e. The van der Waals surface area contributed by atoms with Crippen molar-refractivity contribution in [2.45, 2.75) is 59.8 Å². The molecule has 0 radical (unpaired) electrons. The molecule has 118 valence electrons. The van der Waals surface area contributed by atoms with Crippen molar-refractivity contribution >= 4 is 39.6 Å². The average molecular weight is 328 g/mol. The van der Waals surface area contributed by atoms with Crippen LogP contribution in [-0.4, -0.2) is 15.9 Å². The van der Waals surface area contributed by atoms with Gasteiger partial charge in [-0.15, -0.1) is 11.3 Å². The van der Waals surface area contributed by atoms with Crippen LogP contribution in [0.1, 0.15) is 57.0 Å². The number of carbonyl (C=O) groups is 1. The maximum absolute atomic E-state index is 12.8. The highest BCUT2D eigenvalue weighted by Crippen LogP contribution is 2.33. The lowest BCUT2D eigenvalue weighted by Crippen LogP contribution is -2.46. The summed E-state index contributed by atoms with van der Waals surface area (Å²) in [4.78, 5) is 18.6. The van der Waals surface area contributed by atoms with E-state index in [0.29, 0.717) is 18.0 Å². The van der Waals surface area contributed by atoms with Gasteiger partial charge in [0.15, 0.2) is 5.13 Å². The molecule has 1 amide bonds. The number of thiocarbonyl (C=S) groups is 1. The molecule has 0 saturated heterocycles. The number of nitrogens with one attached hydrogen (secondary N) is 1. The number of hydrogen-bond donors (Lipinski definition) is 2. The van der Waals surface area contributed by atoms with Crippen LogP contribution >= 0.6 is 23.6 Å². The molecule has 21 heavy (non-hydrogen) atoms. The fraction of sp³-hybridized carbons (Fsp3) is 0.667. The van der Waals surface area contributed by atoms with Gasteiger partial charge in [-0.2, -0.15) is 0 Å². The number of rotatable bonds is 8. The van der Waals surface area contributed by atoms with Crippen molar-refractivity contribution in [1.29, 1.82) is 0 Å². The number of carbonyl (C=O) groups excluding carboxylic acids is 1. The first-order chi connectivity index (χ1) is 9.91. The molecule has 0 aliphatic carbocycles. The quantitative estimate of drug-likeness (QED) is 0.712. The van der Waals surface area contributed by atoms with E-state index in [0.717, 1.165) is 29.8 Å². The van der Waals surface area contributed by atoms with Crippen molar-refractivity contribution in [3.05, 3.63) is 10.6 Å². The zero-order valence-electron chi connectivity index (χ0n) is 13.3. The van der Waals surface area contributed by atoms with Crippen molar-refractivity contribution in [2.75, 3.05) is 5.32 Å². The maximum Gasteiger partial charge on any atom is 0.239 e. The second-order valence-electron chi connectivity index (χ2n) is 5.28. The maximum atomic E-state index is 12.8. The van der Waals surface area contributed by atoms with E-state index >= 15 is 0 Å². The molecule has 0 atom stereocenters. The molecule has 0 saturated carbocycles. The van der Waals surface area contributed by atoms with E-state index in [1.165, 1.54) is 11.3 Å². The Morgan fingerprint density at radius 1 is 1.33 bits per heavy atom. The lowest BCUT2D eigenvalue weighted by atomic mass is 9.78. The molecule has 1 rings (SSSR count). The summed E-state index contributed by atoms with van der Waals surface area (Å²) in [5, 5.41) is 3.57. The van der Waals surface area contributed by atoms with E-state index in [9.17, 15) is 4.79 Å². The number of hydrogen-bond acceptors (Lipinski definition) is 4. The molecule has 0 aliphatic rings. The monoisotopic (exact) mass is 327 g/mol. The summed E-state index contributed by atoms with van der Waals surface area (Å²) >= 11 is 6.71. The van der Waals surface area contributed by atoms with Gasteiger partial charge in [-0.1, -0.05) is 45.8 Å². The molecule has 0 fully saturated rings. The average Bonchev–Trinajstić information content (AvgIpc) is 2.77. The van der Waals surface area contributed by atoms with Gasteiger partial charge in [0, 0.05) is 4.88 Å². The zero-order valence-corrected chi connectivity index (χ0v) is 14.9. The normalized spacial score (nSPS) is 11.4. The molecule has 6 heteroatoms. The van der Waals surface area contributed by atoms with Crippen LogP contribution in [-0.2, 0) is 11.2 Å². The number of thiazole rings is 1. The van der Waals surface area contributed by atoms with Gasteiger partial charge in [0.2, 0.25) is 5.91 Å². The highest BCUT2D eigenvalue weighted by atomic mass is 32.1. The Kier molecular flexibility index (Phi) is 6.74. The standard InChI is InChI=1S/C15H25N3OS2/c1-5-8-15(9-6-2,12(16)20)13(19)18-14-17-11(7-3)10(4)21-14/h5-9H2,1-4H3,(H2,16,20)(H,17,18,19). The number of aryl methyl sites for hydroxylation is 2. The molecular formula is C15H25N3OS2. The van der Waals surface area contributed by atoms with E-state index in [1.54, 1.807) is 0 Å². The van der Waals surface area contributed by atoms with E-state index in [-0.39, 0.29) is 10.9 Å². The molecule has 0 bridgehead atoms. The fourth-order valence-electron chi connectivity index (χ4n) is 2.59. The number of amides is 1. The fourth-order valence-corrected chi connectivity index (χ4v) is 3.78. The predicted octanol–water partition coefficient (Wildman–Crippen LogP) is 3.83. The number of nitrogens with zero attached hydrogens (tertiary/aromatic N) is 1. The minimum absolute atomic E-state index is 0.116. The highest BCUT2D eigenvalue weighted by Gasteiger charge is 2.40. The Labute approximate surface area is 136 Å². The third kappa shape index (κ3) is 4.01. The topological polar surface area (TPSA) is 68.0 Å². The number of aromatic nitrogens is 1. The molecule has 0 spiro atoms. The highest BCUT2D eigenvalue weighted by molar-refractivity contribution is 7.80. The number of nitrogens with two attached hydrogens (primary N) is 1.